The molecule has 1 nitrogen and oxygen atoms in total. The zero-order valence-corrected chi connectivity index (χ0v) is 10.3. The Labute approximate surface area is 93.6 Å². The predicted molar refractivity (Wildman–Crippen MR) is 63.6 cm³/mol. The molecule has 0 aliphatic heterocycles. The Kier molecular flexibility index (Phi) is 2.94. The molecule has 0 bridgehead atoms. The van der Waals surface area contributed by atoms with Crippen LogP contribution < -0.4 is 0 Å². The van der Waals surface area contributed by atoms with Crippen LogP contribution in [0.5, 0.6) is 0 Å². The molecule has 1 fully saturated rings. The fourth-order valence-corrected chi connectivity index (χ4v) is 3.63. The van der Waals surface area contributed by atoms with E-state index in [1.165, 1.54) is 24.8 Å². The van der Waals surface area contributed by atoms with E-state index in [1.807, 2.05) is 0 Å². The van der Waals surface area contributed by atoms with E-state index in [0.29, 0.717) is 11.3 Å². The standard InChI is InChI=1S/C14H24O/c1-10-5-4-6-13(15)12-9-14(2,3)8-11(12)7-10/h5,11-13,15H,4,6-9H2,1-3H3/b10-5-/t11-,12+,13?/m0/s1. The molecule has 3 atom stereocenters. The number of hydrogen-bond acceptors (Lipinski definition) is 1. The zero-order chi connectivity index (χ0) is 11.1. The summed E-state index contributed by atoms with van der Waals surface area (Å²) in [6.45, 7) is 6.95. The molecule has 1 heteroatoms. The molecular weight excluding hydrogens is 184 g/mol. The highest BCUT2D eigenvalue weighted by molar-refractivity contribution is 5.06. The van der Waals surface area contributed by atoms with Crippen molar-refractivity contribution in [3.05, 3.63) is 11.6 Å². The van der Waals surface area contributed by atoms with E-state index < -0.39 is 0 Å². The summed E-state index contributed by atoms with van der Waals surface area (Å²) in [5.74, 6) is 1.29. The maximum absolute atomic E-state index is 10.2. The van der Waals surface area contributed by atoms with Crippen LogP contribution >= 0.6 is 0 Å². The normalized spacial score (nSPS) is 43.7. The number of aliphatic hydroxyl groups is 1. The largest absolute Gasteiger partial charge is 0.393 e. The fraction of sp³-hybridized carbons (Fsp3) is 0.857. The molecule has 0 aromatic rings. The quantitative estimate of drug-likeness (QED) is 0.604. The number of allylic oxidation sites excluding steroid dienone is 2. The fourth-order valence-electron chi connectivity index (χ4n) is 3.63. The van der Waals surface area contributed by atoms with Gasteiger partial charge in [0.1, 0.15) is 0 Å². The SMILES string of the molecule is C/C1=C/CCC(O)[C@@H]2CC(C)(C)C[C@@H]2C1. The highest BCUT2D eigenvalue weighted by Gasteiger charge is 2.42. The van der Waals surface area contributed by atoms with Crippen molar-refractivity contribution in [3.63, 3.8) is 0 Å². The molecule has 0 aromatic carbocycles. The summed E-state index contributed by atoms with van der Waals surface area (Å²) in [6.07, 6.45) is 8.02. The number of hydrogen-bond donors (Lipinski definition) is 1. The molecule has 0 saturated heterocycles. The van der Waals surface area contributed by atoms with Gasteiger partial charge in [-0.2, -0.15) is 0 Å². The van der Waals surface area contributed by atoms with Crippen LogP contribution in [-0.2, 0) is 0 Å². The van der Waals surface area contributed by atoms with Gasteiger partial charge in [-0.05, 0) is 56.3 Å². The highest BCUT2D eigenvalue weighted by atomic mass is 16.3. The van der Waals surface area contributed by atoms with E-state index in [4.69, 9.17) is 0 Å². The summed E-state index contributed by atoms with van der Waals surface area (Å²) in [5, 5.41) is 10.2. The first-order chi connectivity index (χ1) is 6.98. The summed E-state index contributed by atoms with van der Waals surface area (Å²) in [4.78, 5) is 0. The first-order valence-corrected chi connectivity index (χ1v) is 6.32. The van der Waals surface area contributed by atoms with Crippen molar-refractivity contribution >= 4 is 0 Å². The second-order valence-corrected chi connectivity index (χ2v) is 6.40. The monoisotopic (exact) mass is 208 g/mol. The lowest BCUT2D eigenvalue weighted by molar-refractivity contribution is 0.0739. The van der Waals surface area contributed by atoms with E-state index in [0.717, 1.165) is 18.8 Å². The molecule has 1 unspecified atom stereocenters. The van der Waals surface area contributed by atoms with Crippen LogP contribution in [0.4, 0.5) is 0 Å². The Morgan fingerprint density at radius 2 is 2.07 bits per heavy atom. The molecule has 0 amide bonds. The molecule has 2 aliphatic carbocycles. The van der Waals surface area contributed by atoms with Crippen LogP contribution in [-0.4, -0.2) is 11.2 Å². The van der Waals surface area contributed by atoms with E-state index in [-0.39, 0.29) is 6.10 Å². The van der Waals surface area contributed by atoms with Gasteiger partial charge >= 0.3 is 0 Å². The molecule has 1 N–H and O–H groups in total. The average Bonchev–Trinajstić information content (AvgIpc) is 2.39. The second kappa shape index (κ2) is 3.93. The van der Waals surface area contributed by atoms with Gasteiger partial charge in [0.2, 0.25) is 0 Å². The Balaban J connectivity index is 2.16. The lowest BCUT2D eigenvalue weighted by Crippen LogP contribution is -2.25. The van der Waals surface area contributed by atoms with E-state index >= 15 is 0 Å². The van der Waals surface area contributed by atoms with Gasteiger partial charge in [0.05, 0.1) is 6.10 Å². The van der Waals surface area contributed by atoms with Gasteiger partial charge in [0.25, 0.3) is 0 Å². The smallest absolute Gasteiger partial charge is 0.0574 e. The van der Waals surface area contributed by atoms with Gasteiger partial charge in [-0.3, -0.25) is 0 Å². The van der Waals surface area contributed by atoms with E-state index in [1.54, 1.807) is 0 Å². The first kappa shape index (κ1) is 11.2. The minimum absolute atomic E-state index is 0.0545. The average molecular weight is 208 g/mol. The molecule has 0 aromatic heterocycles. The van der Waals surface area contributed by atoms with Crippen LogP contribution in [0.2, 0.25) is 0 Å². The summed E-state index contributed by atoms with van der Waals surface area (Å²) in [6, 6.07) is 0. The Morgan fingerprint density at radius 3 is 2.80 bits per heavy atom. The van der Waals surface area contributed by atoms with E-state index in [9.17, 15) is 5.11 Å². The third kappa shape index (κ3) is 2.44. The summed E-state index contributed by atoms with van der Waals surface area (Å²) in [7, 11) is 0. The minimum atomic E-state index is -0.0545. The third-order valence-electron chi connectivity index (χ3n) is 4.24. The summed E-state index contributed by atoms with van der Waals surface area (Å²) in [5.41, 5.74) is 1.98. The molecule has 2 rings (SSSR count). The highest BCUT2D eigenvalue weighted by Crippen LogP contribution is 2.49. The van der Waals surface area contributed by atoms with Crippen LogP contribution in [0.1, 0.15) is 52.9 Å². The van der Waals surface area contributed by atoms with Gasteiger partial charge in [0, 0.05) is 0 Å². The molecule has 1 saturated carbocycles. The molecular formula is C14H24O. The van der Waals surface area contributed by atoms with Gasteiger partial charge in [-0.25, -0.2) is 0 Å². The van der Waals surface area contributed by atoms with Crippen molar-refractivity contribution in [2.24, 2.45) is 17.3 Å². The van der Waals surface area contributed by atoms with Gasteiger partial charge in [-0.1, -0.05) is 25.5 Å². The van der Waals surface area contributed by atoms with Crippen LogP contribution in [0.3, 0.4) is 0 Å². The number of rotatable bonds is 0. The second-order valence-electron chi connectivity index (χ2n) is 6.40. The molecule has 2 aliphatic rings. The van der Waals surface area contributed by atoms with Gasteiger partial charge < -0.3 is 5.11 Å². The van der Waals surface area contributed by atoms with Crippen molar-refractivity contribution in [1.82, 2.24) is 0 Å². The van der Waals surface area contributed by atoms with Crippen molar-refractivity contribution < 1.29 is 5.11 Å². The number of fused-ring (bicyclic) bond motifs is 1. The summed E-state index contributed by atoms with van der Waals surface area (Å²) < 4.78 is 0. The molecule has 0 heterocycles. The van der Waals surface area contributed by atoms with Crippen LogP contribution in [0.25, 0.3) is 0 Å². The topological polar surface area (TPSA) is 20.2 Å². The van der Waals surface area contributed by atoms with E-state index in [2.05, 4.69) is 26.8 Å². The molecule has 86 valence electrons. The molecule has 0 spiro atoms. The molecule has 0 radical (unpaired) electrons. The lowest BCUT2D eigenvalue weighted by atomic mass is 9.82. The predicted octanol–water partition coefficient (Wildman–Crippen LogP) is 3.53. The van der Waals surface area contributed by atoms with Crippen molar-refractivity contribution in [1.29, 1.82) is 0 Å². The lowest BCUT2D eigenvalue weighted by Gasteiger charge is -2.27. The third-order valence-corrected chi connectivity index (χ3v) is 4.24. The summed E-state index contributed by atoms with van der Waals surface area (Å²) >= 11 is 0. The maximum Gasteiger partial charge on any atom is 0.0574 e. The van der Waals surface area contributed by atoms with Gasteiger partial charge in [-0.15, -0.1) is 0 Å². The Morgan fingerprint density at radius 1 is 1.33 bits per heavy atom. The minimum Gasteiger partial charge on any atom is -0.393 e. The van der Waals surface area contributed by atoms with Crippen molar-refractivity contribution in [2.45, 2.75) is 59.0 Å². The van der Waals surface area contributed by atoms with Crippen LogP contribution in [0, 0.1) is 17.3 Å². The van der Waals surface area contributed by atoms with Gasteiger partial charge in [0.15, 0.2) is 0 Å². The first-order valence-electron chi connectivity index (χ1n) is 6.32. The number of aliphatic hydroxyl groups excluding tert-OH is 1. The van der Waals surface area contributed by atoms with Crippen molar-refractivity contribution in [2.75, 3.05) is 0 Å². The molecule has 15 heavy (non-hydrogen) atoms. The van der Waals surface area contributed by atoms with Crippen LogP contribution in [0.15, 0.2) is 11.6 Å². The maximum atomic E-state index is 10.2. The zero-order valence-electron chi connectivity index (χ0n) is 10.3. The van der Waals surface area contributed by atoms with Crippen molar-refractivity contribution in [3.8, 4) is 0 Å². The Bertz CT molecular complexity index is 265. The Hall–Kier alpha value is -0.300.